The molecule has 1 aromatic carbocycles. The van der Waals surface area contributed by atoms with Gasteiger partial charge in [0.1, 0.15) is 5.75 Å². The van der Waals surface area contributed by atoms with Gasteiger partial charge in [-0.15, -0.1) is 0 Å². The van der Waals surface area contributed by atoms with Crippen LogP contribution in [0.1, 0.15) is 13.8 Å². The predicted molar refractivity (Wildman–Crippen MR) is 61.3 cm³/mol. The smallest absolute Gasteiger partial charge is 0.143 e. The van der Waals surface area contributed by atoms with Gasteiger partial charge in [-0.3, -0.25) is 0 Å². The number of ether oxygens (including phenoxy) is 1. The fraction of sp³-hybridized carbons (Fsp3) is 0.455. The number of anilines is 1. The molecule has 78 valence electrons. The molecule has 0 fully saturated rings. The number of hydrogen-bond donors (Lipinski definition) is 1. The molecule has 14 heavy (non-hydrogen) atoms. The first-order chi connectivity index (χ1) is 6.63. The number of methoxy groups -OCH3 is 1. The van der Waals surface area contributed by atoms with Gasteiger partial charge in [-0.2, -0.15) is 0 Å². The zero-order valence-electron chi connectivity index (χ0n) is 8.80. The van der Waals surface area contributed by atoms with Gasteiger partial charge in [0, 0.05) is 17.6 Å². The third kappa shape index (κ3) is 3.11. The van der Waals surface area contributed by atoms with Gasteiger partial charge < -0.3 is 10.1 Å². The van der Waals surface area contributed by atoms with Crippen molar-refractivity contribution < 1.29 is 4.74 Å². The van der Waals surface area contributed by atoms with Gasteiger partial charge in [0.05, 0.1) is 12.8 Å². The Labute approximate surface area is 90.2 Å². The molecule has 1 aromatic rings. The van der Waals surface area contributed by atoms with Crippen LogP contribution in [-0.4, -0.2) is 13.7 Å². The van der Waals surface area contributed by atoms with Crippen molar-refractivity contribution >= 4 is 17.3 Å². The van der Waals surface area contributed by atoms with Crippen molar-refractivity contribution in [3.05, 3.63) is 23.2 Å². The van der Waals surface area contributed by atoms with Crippen molar-refractivity contribution in [1.29, 1.82) is 0 Å². The minimum atomic E-state index is 0.607. The third-order valence-corrected chi connectivity index (χ3v) is 2.10. The molecule has 0 saturated heterocycles. The quantitative estimate of drug-likeness (QED) is 0.828. The van der Waals surface area contributed by atoms with Crippen molar-refractivity contribution in [3.8, 4) is 5.75 Å². The summed E-state index contributed by atoms with van der Waals surface area (Å²) >= 11 is 5.85. The van der Waals surface area contributed by atoms with Gasteiger partial charge >= 0.3 is 0 Å². The number of halogens is 1. The summed E-state index contributed by atoms with van der Waals surface area (Å²) in [6, 6.07) is 5.60. The Kier molecular flexibility index (Phi) is 4.08. The summed E-state index contributed by atoms with van der Waals surface area (Å²) in [5, 5.41) is 4.00. The molecule has 1 rings (SSSR count). The summed E-state index contributed by atoms with van der Waals surface area (Å²) in [4.78, 5) is 0. The highest BCUT2D eigenvalue weighted by Gasteiger charge is 2.03. The number of rotatable bonds is 4. The van der Waals surface area contributed by atoms with E-state index >= 15 is 0 Å². The molecule has 0 saturated carbocycles. The average Bonchev–Trinajstić information content (AvgIpc) is 2.15. The van der Waals surface area contributed by atoms with Crippen molar-refractivity contribution in [2.75, 3.05) is 19.0 Å². The SMILES string of the molecule is COc1cc(Cl)ccc1NCC(C)C. The first-order valence-corrected chi connectivity index (χ1v) is 5.08. The Morgan fingerprint density at radius 3 is 2.71 bits per heavy atom. The van der Waals surface area contributed by atoms with Crippen LogP contribution in [0, 0.1) is 5.92 Å². The largest absolute Gasteiger partial charge is 0.495 e. The van der Waals surface area contributed by atoms with E-state index in [1.54, 1.807) is 7.11 Å². The van der Waals surface area contributed by atoms with Gasteiger partial charge in [0.2, 0.25) is 0 Å². The third-order valence-electron chi connectivity index (χ3n) is 1.86. The second-order valence-corrected chi connectivity index (χ2v) is 4.06. The first kappa shape index (κ1) is 11.2. The highest BCUT2D eigenvalue weighted by molar-refractivity contribution is 6.30. The van der Waals surface area contributed by atoms with E-state index in [4.69, 9.17) is 16.3 Å². The molecule has 0 aliphatic carbocycles. The Morgan fingerprint density at radius 2 is 2.14 bits per heavy atom. The maximum absolute atomic E-state index is 5.85. The van der Waals surface area contributed by atoms with Crippen LogP contribution in [-0.2, 0) is 0 Å². The van der Waals surface area contributed by atoms with Crippen LogP contribution in [0.15, 0.2) is 18.2 Å². The fourth-order valence-electron chi connectivity index (χ4n) is 1.13. The molecule has 2 nitrogen and oxygen atoms in total. The lowest BCUT2D eigenvalue weighted by Crippen LogP contribution is -2.08. The molecule has 0 heterocycles. The molecular formula is C11H16ClNO. The van der Waals surface area contributed by atoms with Gasteiger partial charge in [-0.25, -0.2) is 0 Å². The Bertz CT molecular complexity index is 299. The van der Waals surface area contributed by atoms with Crippen LogP contribution in [0.5, 0.6) is 5.75 Å². The van der Waals surface area contributed by atoms with E-state index in [0.29, 0.717) is 10.9 Å². The summed E-state index contributed by atoms with van der Waals surface area (Å²) < 4.78 is 5.21. The minimum Gasteiger partial charge on any atom is -0.495 e. The van der Waals surface area contributed by atoms with Crippen LogP contribution in [0.25, 0.3) is 0 Å². The highest BCUT2D eigenvalue weighted by atomic mass is 35.5. The average molecular weight is 214 g/mol. The molecule has 1 N–H and O–H groups in total. The maximum atomic E-state index is 5.85. The first-order valence-electron chi connectivity index (χ1n) is 4.71. The Morgan fingerprint density at radius 1 is 1.43 bits per heavy atom. The molecule has 0 aromatic heterocycles. The van der Waals surface area contributed by atoms with Gasteiger partial charge in [-0.05, 0) is 18.1 Å². The molecular weight excluding hydrogens is 198 g/mol. The topological polar surface area (TPSA) is 21.3 Å². The predicted octanol–water partition coefficient (Wildman–Crippen LogP) is 3.42. The Balaban J connectivity index is 2.75. The molecule has 0 atom stereocenters. The van der Waals surface area contributed by atoms with E-state index in [9.17, 15) is 0 Å². The number of nitrogens with one attached hydrogen (secondary N) is 1. The van der Waals surface area contributed by atoms with Crippen LogP contribution < -0.4 is 10.1 Å². The van der Waals surface area contributed by atoms with E-state index in [1.165, 1.54) is 0 Å². The lowest BCUT2D eigenvalue weighted by Gasteiger charge is -2.12. The van der Waals surface area contributed by atoms with Gasteiger partial charge in [-0.1, -0.05) is 25.4 Å². The number of hydrogen-bond acceptors (Lipinski definition) is 2. The van der Waals surface area contributed by atoms with Crippen molar-refractivity contribution in [1.82, 2.24) is 0 Å². The van der Waals surface area contributed by atoms with Crippen LogP contribution >= 0.6 is 11.6 Å². The van der Waals surface area contributed by atoms with Crippen LogP contribution in [0.3, 0.4) is 0 Å². The molecule has 0 radical (unpaired) electrons. The lowest BCUT2D eigenvalue weighted by molar-refractivity contribution is 0.416. The standard InChI is InChI=1S/C11H16ClNO/c1-8(2)7-13-10-5-4-9(12)6-11(10)14-3/h4-6,8,13H,7H2,1-3H3. The second kappa shape index (κ2) is 5.11. The lowest BCUT2D eigenvalue weighted by atomic mass is 10.2. The van der Waals surface area contributed by atoms with Crippen molar-refractivity contribution in [3.63, 3.8) is 0 Å². The summed E-state index contributed by atoms with van der Waals surface area (Å²) in [7, 11) is 1.65. The van der Waals surface area contributed by atoms with Crippen molar-refractivity contribution in [2.45, 2.75) is 13.8 Å². The van der Waals surface area contributed by atoms with Gasteiger partial charge in [0.15, 0.2) is 0 Å². The zero-order valence-corrected chi connectivity index (χ0v) is 9.56. The van der Waals surface area contributed by atoms with E-state index in [-0.39, 0.29) is 0 Å². The second-order valence-electron chi connectivity index (χ2n) is 3.62. The van der Waals surface area contributed by atoms with E-state index in [2.05, 4.69) is 19.2 Å². The molecule has 0 bridgehead atoms. The molecule has 0 unspecified atom stereocenters. The number of benzene rings is 1. The molecule has 0 aliphatic heterocycles. The molecule has 0 amide bonds. The van der Waals surface area contributed by atoms with Crippen molar-refractivity contribution in [2.24, 2.45) is 5.92 Å². The summed E-state index contributed by atoms with van der Waals surface area (Å²) in [5.41, 5.74) is 0.991. The minimum absolute atomic E-state index is 0.607. The maximum Gasteiger partial charge on any atom is 0.143 e. The van der Waals surface area contributed by atoms with E-state index in [0.717, 1.165) is 18.0 Å². The van der Waals surface area contributed by atoms with Crippen LogP contribution in [0.2, 0.25) is 5.02 Å². The zero-order chi connectivity index (χ0) is 10.6. The summed E-state index contributed by atoms with van der Waals surface area (Å²) in [5.74, 6) is 1.40. The normalized spacial score (nSPS) is 10.4. The fourth-order valence-corrected chi connectivity index (χ4v) is 1.29. The van der Waals surface area contributed by atoms with Crippen LogP contribution in [0.4, 0.5) is 5.69 Å². The molecule has 0 spiro atoms. The monoisotopic (exact) mass is 213 g/mol. The highest BCUT2D eigenvalue weighted by Crippen LogP contribution is 2.27. The summed E-state index contributed by atoms with van der Waals surface area (Å²) in [6.07, 6.45) is 0. The van der Waals surface area contributed by atoms with E-state index < -0.39 is 0 Å². The Hall–Kier alpha value is -0.890. The molecule has 3 heteroatoms. The molecule has 0 aliphatic rings. The van der Waals surface area contributed by atoms with E-state index in [1.807, 2.05) is 18.2 Å². The van der Waals surface area contributed by atoms with Gasteiger partial charge in [0.25, 0.3) is 0 Å². The summed E-state index contributed by atoms with van der Waals surface area (Å²) in [6.45, 7) is 5.25.